The topological polar surface area (TPSA) is 125 Å². The van der Waals surface area contributed by atoms with Crippen molar-refractivity contribution in [3.05, 3.63) is 34.7 Å². The molecular weight excluding hydrogens is 378 g/mol. The first-order valence-corrected chi connectivity index (χ1v) is 9.74. The third kappa shape index (κ3) is 4.51. The van der Waals surface area contributed by atoms with E-state index in [0.29, 0.717) is 10.8 Å². The van der Waals surface area contributed by atoms with Crippen molar-refractivity contribution in [2.24, 2.45) is 17.6 Å². The van der Waals surface area contributed by atoms with Crippen LogP contribution in [0.15, 0.2) is 24.3 Å². The molecule has 0 radical (unpaired) electrons. The van der Waals surface area contributed by atoms with E-state index in [0.717, 1.165) is 22.1 Å². The van der Waals surface area contributed by atoms with Crippen molar-refractivity contribution in [1.82, 2.24) is 10.8 Å². The molecule has 3 atom stereocenters. The maximum atomic E-state index is 12.6. The van der Waals surface area contributed by atoms with Gasteiger partial charge in [-0.3, -0.25) is 14.8 Å². The largest absolute Gasteiger partial charge is 0.396 e. The van der Waals surface area contributed by atoms with Crippen LogP contribution in [0.3, 0.4) is 0 Å². The van der Waals surface area contributed by atoms with Crippen LogP contribution in [0.2, 0.25) is 0 Å². The minimum Gasteiger partial charge on any atom is -0.396 e. The van der Waals surface area contributed by atoms with E-state index in [2.05, 4.69) is 17.2 Å². The zero-order valence-corrected chi connectivity index (χ0v) is 16.5. The van der Waals surface area contributed by atoms with Gasteiger partial charge in [-0.25, -0.2) is 5.48 Å². The molecule has 7 nitrogen and oxygen atoms in total. The first kappa shape index (κ1) is 20.3. The summed E-state index contributed by atoms with van der Waals surface area (Å²) >= 11 is 1.29. The van der Waals surface area contributed by atoms with Crippen LogP contribution in [0.4, 0.5) is 0 Å². The molecule has 1 saturated carbocycles. The summed E-state index contributed by atoms with van der Waals surface area (Å²) < 4.78 is 0.904. The van der Waals surface area contributed by atoms with E-state index < -0.39 is 23.4 Å². The normalized spacial score (nSPS) is 19.5. The van der Waals surface area contributed by atoms with Crippen molar-refractivity contribution in [3.63, 3.8) is 0 Å². The molecule has 28 heavy (non-hydrogen) atoms. The van der Waals surface area contributed by atoms with Crippen molar-refractivity contribution < 1.29 is 19.9 Å². The third-order valence-corrected chi connectivity index (χ3v) is 5.79. The number of rotatable bonds is 5. The SMILES string of the molecule is CC(C)(N)C(NC(=O)c1cc2ccc(C#C[C@@H]3C[C@H]3CO)cc2s1)C(=O)NO. The molecule has 1 aliphatic carbocycles. The molecule has 6 N–H and O–H groups in total. The summed E-state index contributed by atoms with van der Waals surface area (Å²) in [5.74, 6) is 5.63. The fraction of sp³-hybridized carbons (Fsp3) is 0.400. The molecule has 0 saturated heterocycles. The Kier molecular flexibility index (Phi) is 5.72. The Labute approximate surface area is 166 Å². The van der Waals surface area contributed by atoms with Crippen molar-refractivity contribution >= 4 is 33.2 Å². The van der Waals surface area contributed by atoms with Gasteiger partial charge >= 0.3 is 0 Å². The number of thiophene rings is 1. The Morgan fingerprint density at radius 1 is 1.39 bits per heavy atom. The number of nitrogens with two attached hydrogens (primary N) is 1. The van der Waals surface area contributed by atoms with Gasteiger partial charge in [0.2, 0.25) is 0 Å². The molecule has 1 unspecified atom stereocenters. The predicted molar refractivity (Wildman–Crippen MR) is 107 cm³/mol. The number of hydroxylamine groups is 1. The lowest BCUT2D eigenvalue weighted by atomic mass is 9.95. The average Bonchev–Trinajstić information content (AvgIpc) is 3.29. The quantitative estimate of drug-likeness (QED) is 0.293. The van der Waals surface area contributed by atoms with Gasteiger partial charge in [0.1, 0.15) is 6.04 Å². The first-order chi connectivity index (χ1) is 13.2. The average molecular weight is 401 g/mol. The highest BCUT2D eigenvalue weighted by Gasteiger charge is 2.35. The lowest BCUT2D eigenvalue weighted by molar-refractivity contribution is -0.132. The number of hydrogen-bond acceptors (Lipinski definition) is 6. The van der Waals surface area contributed by atoms with Gasteiger partial charge in [-0.1, -0.05) is 17.9 Å². The summed E-state index contributed by atoms with van der Waals surface area (Å²) in [5.41, 5.74) is 7.28. The van der Waals surface area contributed by atoms with Crippen molar-refractivity contribution in [1.29, 1.82) is 0 Å². The smallest absolute Gasteiger partial charge is 0.267 e. The number of carbonyl (C=O) groups is 2. The summed E-state index contributed by atoms with van der Waals surface area (Å²) in [5, 5.41) is 21.5. The molecule has 0 spiro atoms. The summed E-state index contributed by atoms with van der Waals surface area (Å²) in [6.45, 7) is 3.35. The lowest BCUT2D eigenvalue weighted by Gasteiger charge is -2.29. The molecular formula is C20H23N3O4S. The van der Waals surface area contributed by atoms with E-state index in [9.17, 15) is 9.59 Å². The maximum absolute atomic E-state index is 12.6. The van der Waals surface area contributed by atoms with Crippen LogP contribution in [0.1, 0.15) is 35.5 Å². The van der Waals surface area contributed by atoms with E-state index in [1.165, 1.54) is 16.8 Å². The number of carbonyl (C=O) groups excluding carboxylic acids is 2. The molecule has 1 heterocycles. The Morgan fingerprint density at radius 2 is 2.14 bits per heavy atom. The molecule has 1 aliphatic rings. The molecule has 148 valence electrons. The van der Waals surface area contributed by atoms with Gasteiger partial charge in [0.05, 0.1) is 4.88 Å². The number of hydrogen-bond donors (Lipinski definition) is 5. The molecule has 8 heteroatoms. The van der Waals surface area contributed by atoms with Gasteiger partial charge in [0.15, 0.2) is 0 Å². The van der Waals surface area contributed by atoms with Crippen LogP contribution in [0.25, 0.3) is 10.1 Å². The van der Waals surface area contributed by atoms with Crippen LogP contribution in [-0.2, 0) is 4.79 Å². The fourth-order valence-electron chi connectivity index (χ4n) is 2.88. The number of benzene rings is 1. The lowest BCUT2D eigenvalue weighted by Crippen LogP contribution is -2.61. The second-order valence-electron chi connectivity index (χ2n) is 7.62. The maximum Gasteiger partial charge on any atom is 0.267 e. The van der Waals surface area contributed by atoms with Crippen molar-refractivity contribution in [2.45, 2.75) is 31.8 Å². The van der Waals surface area contributed by atoms with Crippen molar-refractivity contribution in [2.75, 3.05) is 6.61 Å². The molecule has 1 aromatic carbocycles. The second kappa shape index (κ2) is 7.89. The Hall–Kier alpha value is -2.44. The van der Waals surface area contributed by atoms with Gasteiger partial charge in [-0.15, -0.1) is 11.3 Å². The van der Waals surface area contributed by atoms with Crippen LogP contribution >= 0.6 is 11.3 Å². The molecule has 1 aromatic heterocycles. The minimum atomic E-state index is -1.09. The van der Waals surface area contributed by atoms with Crippen molar-refractivity contribution in [3.8, 4) is 11.8 Å². The highest BCUT2D eigenvalue weighted by molar-refractivity contribution is 7.20. The highest BCUT2D eigenvalue weighted by atomic mass is 32.1. The van der Waals surface area contributed by atoms with E-state index in [1.54, 1.807) is 19.9 Å². The van der Waals surface area contributed by atoms with Gasteiger partial charge in [0, 0.05) is 28.3 Å². The number of fused-ring (bicyclic) bond motifs is 1. The van der Waals surface area contributed by atoms with E-state index in [1.807, 2.05) is 18.2 Å². The summed E-state index contributed by atoms with van der Waals surface area (Å²) in [6, 6.07) is 6.37. The summed E-state index contributed by atoms with van der Waals surface area (Å²) in [7, 11) is 0. The van der Waals surface area contributed by atoms with Crippen LogP contribution in [0, 0.1) is 23.7 Å². The molecule has 3 rings (SSSR count). The monoisotopic (exact) mass is 401 g/mol. The number of nitrogens with one attached hydrogen (secondary N) is 2. The van der Waals surface area contributed by atoms with Gasteiger partial charge < -0.3 is 16.2 Å². The Bertz CT molecular complexity index is 967. The second-order valence-corrected chi connectivity index (χ2v) is 8.71. The number of aliphatic hydroxyl groups is 1. The standard InChI is InChI=1S/C20H23N3O4S/c1-20(2,21)17(19(26)23-27)22-18(25)16-9-13-6-4-11(7-15(13)28-16)3-5-12-8-14(12)10-24/h4,6-7,9,12,14,17,24,27H,8,10,21H2,1-2H3,(H,22,25)(H,23,26)/t12-,14+,17?/m1/s1. The number of aliphatic hydroxyl groups excluding tert-OH is 1. The molecule has 0 bridgehead atoms. The van der Waals surface area contributed by atoms with Crippen LogP contribution in [0.5, 0.6) is 0 Å². The third-order valence-electron chi connectivity index (χ3n) is 4.69. The molecule has 0 aliphatic heterocycles. The minimum absolute atomic E-state index is 0.177. The zero-order chi connectivity index (χ0) is 20.5. The fourth-order valence-corrected chi connectivity index (χ4v) is 3.88. The zero-order valence-electron chi connectivity index (χ0n) is 15.7. The van der Waals surface area contributed by atoms with E-state index >= 15 is 0 Å². The van der Waals surface area contributed by atoms with E-state index in [4.69, 9.17) is 16.0 Å². The predicted octanol–water partition coefficient (Wildman–Crippen LogP) is 1.22. The van der Waals surface area contributed by atoms with E-state index in [-0.39, 0.29) is 12.5 Å². The molecule has 2 amide bonds. The number of amides is 2. The molecule has 1 fully saturated rings. The highest BCUT2D eigenvalue weighted by Crippen LogP contribution is 2.37. The molecule has 2 aromatic rings. The summed E-state index contributed by atoms with van der Waals surface area (Å²) in [6.07, 6.45) is 0.940. The Morgan fingerprint density at radius 3 is 2.75 bits per heavy atom. The summed E-state index contributed by atoms with van der Waals surface area (Å²) in [4.78, 5) is 24.9. The van der Waals surface area contributed by atoms with Crippen LogP contribution in [-0.4, -0.2) is 40.3 Å². The van der Waals surface area contributed by atoms with Gasteiger partial charge in [-0.2, -0.15) is 0 Å². The van der Waals surface area contributed by atoms with Gasteiger partial charge in [-0.05, 0) is 49.8 Å². The first-order valence-electron chi connectivity index (χ1n) is 8.92. The van der Waals surface area contributed by atoms with Gasteiger partial charge in [0.25, 0.3) is 11.8 Å². The van der Waals surface area contributed by atoms with Crippen LogP contribution < -0.4 is 16.5 Å². The Balaban J connectivity index is 1.78.